The van der Waals surface area contributed by atoms with Crippen LogP contribution >= 0.6 is 0 Å². The number of ether oxygens (including phenoxy) is 1. The van der Waals surface area contributed by atoms with Gasteiger partial charge in [-0.2, -0.15) is 0 Å². The average Bonchev–Trinajstić information content (AvgIpc) is 2.55. The first kappa shape index (κ1) is 14.0. The van der Waals surface area contributed by atoms with E-state index in [1.807, 2.05) is 36.4 Å². The molecular weight excluding hydrogens is 276 g/mol. The summed E-state index contributed by atoms with van der Waals surface area (Å²) in [7, 11) is 0. The number of fused-ring (bicyclic) bond motifs is 1. The normalized spacial score (nSPS) is 10.4. The highest BCUT2D eigenvalue weighted by molar-refractivity contribution is 5.97. The Morgan fingerprint density at radius 1 is 0.773 bits per heavy atom. The molecule has 0 atom stereocenters. The van der Waals surface area contributed by atoms with Crippen LogP contribution in [0.25, 0.3) is 10.8 Å². The molecule has 0 heterocycles. The highest BCUT2D eigenvalue weighted by atomic mass is 16.5. The van der Waals surface area contributed by atoms with Crippen LogP contribution in [-0.2, 0) is 0 Å². The smallest absolute Gasteiger partial charge is 0.343 e. The van der Waals surface area contributed by atoms with E-state index in [4.69, 9.17) is 4.74 Å². The van der Waals surface area contributed by atoms with Crippen LogP contribution in [0.2, 0.25) is 0 Å². The Morgan fingerprint density at radius 2 is 1.41 bits per heavy atom. The predicted molar refractivity (Wildman–Crippen MR) is 85.4 cm³/mol. The monoisotopic (exact) mass is 290 g/mol. The Labute approximate surface area is 128 Å². The fourth-order valence-electron chi connectivity index (χ4n) is 2.24. The molecule has 0 aliphatic carbocycles. The third kappa shape index (κ3) is 2.88. The van der Waals surface area contributed by atoms with Gasteiger partial charge in [-0.05, 0) is 54.1 Å². The van der Waals surface area contributed by atoms with Crippen molar-refractivity contribution in [2.75, 3.05) is 0 Å². The summed E-state index contributed by atoms with van der Waals surface area (Å²) in [6.07, 6.45) is 0. The second kappa shape index (κ2) is 5.82. The van der Waals surface area contributed by atoms with Crippen molar-refractivity contribution in [3.63, 3.8) is 0 Å². The molecule has 0 aliphatic heterocycles. The molecule has 3 aromatic rings. The van der Waals surface area contributed by atoms with E-state index in [-0.39, 0.29) is 5.78 Å². The van der Waals surface area contributed by atoms with Crippen LogP contribution in [0.1, 0.15) is 27.6 Å². The molecule has 0 unspecified atom stereocenters. The minimum Gasteiger partial charge on any atom is -0.423 e. The van der Waals surface area contributed by atoms with Crippen molar-refractivity contribution in [1.29, 1.82) is 0 Å². The zero-order chi connectivity index (χ0) is 15.5. The topological polar surface area (TPSA) is 43.4 Å². The van der Waals surface area contributed by atoms with Gasteiger partial charge in [0.2, 0.25) is 0 Å². The van der Waals surface area contributed by atoms with Crippen molar-refractivity contribution in [1.82, 2.24) is 0 Å². The van der Waals surface area contributed by atoms with Crippen molar-refractivity contribution in [2.45, 2.75) is 6.92 Å². The third-order valence-corrected chi connectivity index (χ3v) is 3.46. The van der Waals surface area contributed by atoms with Gasteiger partial charge in [0.25, 0.3) is 0 Å². The van der Waals surface area contributed by atoms with Crippen molar-refractivity contribution in [2.24, 2.45) is 0 Å². The zero-order valence-electron chi connectivity index (χ0n) is 12.1. The molecule has 0 aromatic heterocycles. The van der Waals surface area contributed by atoms with Gasteiger partial charge in [-0.25, -0.2) is 4.79 Å². The van der Waals surface area contributed by atoms with Crippen molar-refractivity contribution < 1.29 is 14.3 Å². The summed E-state index contributed by atoms with van der Waals surface area (Å²) >= 11 is 0. The molecule has 0 saturated carbocycles. The van der Waals surface area contributed by atoms with Crippen LogP contribution in [-0.4, -0.2) is 11.8 Å². The summed E-state index contributed by atoms with van der Waals surface area (Å²) in [5.74, 6) is -0.0168. The SMILES string of the molecule is CC(=O)c1ccc(OC(=O)c2ccc3ccccc3c2)cc1. The molecule has 3 aromatic carbocycles. The number of esters is 1. The molecule has 3 nitrogen and oxygen atoms in total. The molecule has 0 spiro atoms. The van der Waals surface area contributed by atoms with Crippen LogP contribution in [0.4, 0.5) is 0 Å². The van der Waals surface area contributed by atoms with Crippen LogP contribution in [0.3, 0.4) is 0 Å². The van der Waals surface area contributed by atoms with Gasteiger partial charge in [0.1, 0.15) is 5.75 Å². The molecule has 0 radical (unpaired) electrons. The highest BCUT2D eigenvalue weighted by Crippen LogP contribution is 2.18. The lowest BCUT2D eigenvalue weighted by Gasteiger charge is -2.06. The summed E-state index contributed by atoms with van der Waals surface area (Å²) < 4.78 is 5.33. The molecule has 3 heteroatoms. The summed E-state index contributed by atoms with van der Waals surface area (Å²) in [4.78, 5) is 23.4. The van der Waals surface area contributed by atoms with Gasteiger partial charge in [0.05, 0.1) is 5.56 Å². The lowest BCUT2D eigenvalue weighted by Crippen LogP contribution is -2.08. The van der Waals surface area contributed by atoms with E-state index in [2.05, 4.69) is 0 Å². The average molecular weight is 290 g/mol. The maximum atomic E-state index is 12.2. The first-order valence-electron chi connectivity index (χ1n) is 6.95. The van der Waals surface area contributed by atoms with Gasteiger partial charge in [0, 0.05) is 5.56 Å². The van der Waals surface area contributed by atoms with Crippen LogP contribution in [0.5, 0.6) is 5.75 Å². The van der Waals surface area contributed by atoms with Crippen LogP contribution < -0.4 is 4.74 Å². The molecule has 3 rings (SSSR count). The summed E-state index contributed by atoms with van der Waals surface area (Å²) in [5.41, 5.74) is 1.08. The van der Waals surface area contributed by atoms with Gasteiger partial charge in [-0.1, -0.05) is 30.3 Å². The molecule has 0 saturated heterocycles. The molecule has 22 heavy (non-hydrogen) atoms. The van der Waals surface area contributed by atoms with E-state index in [9.17, 15) is 9.59 Å². The minimum absolute atomic E-state index is 0.0209. The second-order valence-corrected chi connectivity index (χ2v) is 5.03. The fourth-order valence-corrected chi connectivity index (χ4v) is 2.24. The van der Waals surface area contributed by atoms with Crippen molar-refractivity contribution in [3.05, 3.63) is 77.9 Å². The van der Waals surface area contributed by atoms with Gasteiger partial charge >= 0.3 is 5.97 Å². The van der Waals surface area contributed by atoms with E-state index in [1.165, 1.54) is 6.92 Å². The molecule has 0 bridgehead atoms. The number of rotatable bonds is 3. The Bertz CT molecular complexity index is 848. The number of carbonyl (C=O) groups is 2. The Balaban J connectivity index is 1.81. The summed E-state index contributed by atoms with van der Waals surface area (Å²) in [5, 5.41) is 2.06. The number of Topliss-reactive ketones (excluding diaryl/α,β-unsaturated/α-hetero) is 1. The lowest BCUT2D eigenvalue weighted by molar-refractivity contribution is 0.0735. The number of hydrogen-bond donors (Lipinski definition) is 0. The molecule has 0 N–H and O–H groups in total. The molecule has 0 aliphatic rings. The number of ketones is 1. The largest absolute Gasteiger partial charge is 0.423 e. The standard InChI is InChI=1S/C19H14O3/c1-13(20)14-8-10-18(11-9-14)22-19(21)17-7-6-15-4-2-3-5-16(15)12-17/h2-12H,1H3. The maximum absolute atomic E-state index is 12.2. The molecule has 108 valence electrons. The maximum Gasteiger partial charge on any atom is 0.343 e. The minimum atomic E-state index is -0.415. The van der Waals surface area contributed by atoms with E-state index < -0.39 is 5.97 Å². The van der Waals surface area contributed by atoms with E-state index in [0.29, 0.717) is 16.9 Å². The van der Waals surface area contributed by atoms with Gasteiger partial charge in [0.15, 0.2) is 5.78 Å². The first-order chi connectivity index (χ1) is 10.6. The van der Waals surface area contributed by atoms with E-state index in [1.54, 1.807) is 30.3 Å². The predicted octanol–water partition coefficient (Wildman–Crippen LogP) is 4.26. The van der Waals surface area contributed by atoms with Crippen molar-refractivity contribution in [3.8, 4) is 5.75 Å². The first-order valence-corrected chi connectivity index (χ1v) is 6.95. The quantitative estimate of drug-likeness (QED) is 0.411. The Hall–Kier alpha value is -2.94. The molecular formula is C19H14O3. The van der Waals surface area contributed by atoms with E-state index >= 15 is 0 Å². The summed E-state index contributed by atoms with van der Waals surface area (Å²) in [6, 6.07) is 19.8. The number of hydrogen-bond acceptors (Lipinski definition) is 3. The third-order valence-electron chi connectivity index (χ3n) is 3.46. The van der Waals surface area contributed by atoms with Crippen LogP contribution in [0.15, 0.2) is 66.7 Å². The van der Waals surface area contributed by atoms with Gasteiger partial charge in [-0.3, -0.25) is 4.79 Å². The molecule has 0 amide bonds. The van der Waals surface area contributed by atoms with E-state index in [0.717, 1.165) is 10.8 Å². The molecule has 0 fully saturated rings. The lowest BCUT2D eigenvalue weighted by atomic mass is 10.1. The van der Waals surface area contributed by atoms with Gasteiger partial charge in [-0.15, -0.1) is 0 Å². The van der Waals surface area contributed by atoms with Crippen molar-refractivity contribution >= 4 is 22.5 Å². The zero-order valence-corrected chi connectivity index (χ0v) is 12.1. The number of carbonyl (C=O) groups excluding carboxylic acids is 2. The second-order valence-electron chi connectivity index (χ2n) is 5.03. The number of benzene rings is 3. The fraction of sp³-hybridized carbons (Fsp3) is 0.0526. The summed E-state index contributed by atoms with van der Waals surface area (Å²) in [6.45, 7) is 1.50. The highest BCUT2D eigenvalue weighted by Gasteiger charge is 2.09. The van der Waals surface area contributed by atoms with Crippen LogP contribution in [0, 0.1) is 0 Å². The Morgan fingerprint density at radius 3 is 2.09 bits per heavy atom. The Kier molecular flexibility index (Phi) is 3.71. The van der Waals surface area contributed by atoms with Gasteiger partial charge < -0.3 is 4.74 Å².